The van der Waals surface area contributed by atoms with E-state index in [9.17, 15) is 0 Å². The molecule has 0 atom stereocenters. The normalized spacial score (nSPS) is 3.71. The number of hydrogen-bond donors (Lipinski definition) is 2. The Labute approximate surface area is 62.1 Å². The van der Waals surface area contributed by atoms with Crippen molar-refractivity contribution in [3.8, 4) is 0 Å². The van der Waals surface area contributed by atoms with Crippen molar-refractivity contribution in [3.05, 3.63) is 0 Å². The van der Waals surface area contributed by atoms with Gasteiger partial charge in [0.15, 0.2) is 0 Å². The number of hydrogen-bond acceptors (Lipinski definition) is 2. The monoisotopic (exact) mass is 224 g/mol. The molecule has 5 heteroatoms. The third kappa shape index (κ3) is 112. The second kappa shape index (κ2) is 53.0. The second-order valence-corrected chi connectivity index (χ2v) is 3.80. The van der Waals surface area contributed by atoms with Gasteiger partial charge in [-0.2, -0.15) is 0 Å². The topological polar surface area (TPSA) is 40.5 Å². The van der Waals surface area contributed by atoms with Gasteiger partial charge >= 0.3 is 37.9 Å². The van der Waals surface area contributed by atoms with Gasteiger partial charge in [0.25, 0.3) is 0 Å². The Morgan fingerprint density at radius 1 is 1.00 bits per heavy atom. The molecule has 0 amide bonds. The number of rotatable bonds is 0. The van der Waals surface area contributed by atoms with Crippen LogP contribution in [0.1, 0.15) is 0 Å². The average Bonchev–Trinajstić information content (AvgIpc) is 1.78. The Morgan fingerprint density at radius 3 is 1.00 bits per heavy atom. The molecular formula is C2H8Cl2O2Zr. The molecular weight excluding hydrogens is 218 g/mol. The molecule has 2 nitrogen and oxygen atoms in total. The molecule has 0 fully saturated rings. The van der Waals surface area contributed by atoms with Crippen LogP contribution in [0.2, 0.25) is 0 Å². The molecule has 0 bridgehead atoms. The predicted octanol–water partition coefficient (Wildman–Crippen LogP) is 0.593. The maximum atomic E-state index is 7.00. The minimum absolute atomic E-state index is 0.826. The maximum absolute atomic E-state index is 7.00. The molecule has 7 heavy (non-hydrogen) atoms. The van der Waals surface area contributed by atoms with Gasteiger partial charge in [-0.05, 0) is 0 Å². The molecule has 0 aliphatic rings. The van der Waals surface area contributed by atoms with Crippen LogP contribution in [0.3, 0.4) is 0 Å². The van der Waals surface area contributed by atoms with Gasteiger partial charge in [-0.25, -0.2) is 0 Å². The van der Waals surface area contributed by atoms with Crippen LogP contribution >= 0.6 is 17.0 Å². The summed E-state index contributed by atoms with van der Waals surface area (Å²) in [5.41, 5.74) is 0. The van der Waals surface area contributed by atoms with Crippen molar-refractivity contribution in [2.45, 2.75) is 0 Å². The van der Waals surface area contributed by atoms with Crippen molar-refractivity contribution in [1.29, 1.82) is 0 Å². The van der Waals surface area contributed by atoms with Gasteiger partial charge in [-0.15, -0.1) is 0 Å². The van der Waals surface area contributed by atoms with E-state index < -0.39 is 20.8 Å². The van der Waals surface area contributed by atoms with Gasteiger partial charge in [-0.1, -0.05) is 0 Å². The Bertz CT molecular complexity index is 13.7. The summed E-state index contributed by atoms with van der Waals surface area (Å²) in [4.78, 5) is 0. The molecule has 0 aliphatic carbocycles. The Morgan fingerprint density at radius 2 is 1.00 bits per heavy atom. The molecule has 0 aromatic rings. The van der Waals surface area contributed by atoms with Crippen molar-refractivity contribution in [2.75, 3.05) is 14.2 Å². The molecule has 0 spiro atoms. The van der Waals surface area contributed by atoms with Gasteiger partial charge in [-0.3, -0.25) is 0 Å². The Kier molecular flexibility index (Phi) is 119. The molecule has 0 aromatic carbocycles. The van der Waals surface area contributed by atoms with E-state index in [4.69, 9.17) is 27.2 Å². The number of aliphatic hydroxyl groups is 2. The first kappa shape index (κ1) is 15.8. The first-order chi connectivity index (χ1) is 3.41. The van der Waals surface area contributed by atoms with Crippen molar-refractivity contribution in [3.63, 3.8) is 0 Å². The molecule has 0 rings (SSSR count). The van der Waals surface area contributed by atoms with Crippen LogP contribution in [0.15, 0.2) is 0 Å². The first-order valence-corrected chi connectivity index (χ1v) is 7.60. The fraction of sp³-hybridized carbons (Fsp3) is 1.00. The van der Waals surface area contributed by atoms with Crippen molar-refractivity contribution < 1.29 is 31.1 Å². The standard InChI is InChI=1S/2CH4O.2ClH.Zr/c2*1-2;;;/h2*2H,1H3;2*1H;/q;;;;+2/p-2. The number of halogens is 2. The molecule has 0 aliphatic heterocycles. The quantitative estimate of drug-likeness (QED) is 0.634. The van der Waals surface area contributed by atoms with E-state index in [2.05, 4.69) is 0 Å². The van der Waals surface area contributed by atoms with E-state index >= 15 is 0 Å². The van der Waals surface area contributed by atoms with Crippen LogP contribution in [-0.2, 0) is 20.8 Å². The van der Waals surface area contributed by atoms with Crippen LogP contribution < -0.4 is 0 Å². The molecule has 0 saturated carbocycles. The van der Waals surface area contributed by atoms with E-state index in [0.29, 0.717) is 0 Å². The molecule has 0 aromatic heterocycles. The summed E-state index contributed by atoms with van der Waals surface area (Å²) >= 11 is -0.826. The van der Waals surface area contributed by atoms with Gasteiger partial charge in [0.2, 0.25) is 0 Å². The number of aliphatic hydroxyl groups excluding tert-OH is 2. The summed E-state index contributed by atoms with van der Waals surface area (Å²) in [5, 5.41) is 14.0. The summed E-state index contributed by atoms with van der Waals surface area (Å²) in [6, 6.07) is 0. The van der Waals surface area contributed by atoms with Crippen molar-refractivity contribution in [1.82, 2.24) is 0 Å². The molecule has 0 radical (unpaired) electrons. The molecule has 2 N–H and O–H groups in total. The summed E-state index contributed by atoms with van der Waals surface area (Å²) < 4.78 is 0. The molecule has 0 unspecified atom stereocenters. The average molecular weight is 226 g/mol. The Balaban J connectivity index is -0.0000000360. The van der Waals surface area contributed by atoms with Crippen LogP contribution in [0.25, 0.3) is 0 Å². The van der Waals surface area contributed by atoms with Crippen LogP contribution in [0, 0.1) is 0 Å². The molecule has 0 saturated heterocycles. The summed E-state index contributed by atoms with van der Waals surface area (Å²) in [5.74, 6) is 0. The summed E-state index contributed by atoms with van der Waals surface area (Å²) in [6.45, 7) is 0. The molecule has 46 valence electrons. The van der Waals surface area contributed by atoms with Gasteiger partial charge < -0.3 is 10.2 Å². The van der Waals surface area contributed by atoms with E-state index in [1.165, 1.54) is 0 Å². The summed E-state index contributed by atoms with van der Waals surface area (Å²) in [7, 11) is 11.9. The fourth-order valence-electron chi connectivity index (χ4n) is 0. The minimum atomic E-state index is -0.826. The van der Waals surface area contributed by atoms with Crippen LogP contribution in [0.4, 0.5) is 0 Å². The van der Waals surface area contributed by atoms with Crippen LogP contribution in [0.5, 0.6) is 0 Å². The van der Waals surface area contributed by atoms with E-state index in [0.717, 1.165) is 14.2 Å². The summed E-state index contributed by atoms with van der Waals surface area (Å²) in [6.07, 6.45) is 0. The van der Waals surface area contributed by atoms with E-state index in [-0.39, 0.29) is 0 Å². The van der Waals surface area contributed by atoms with Crippen molar-refractivity contribution in [2.24, 2.45) is 0 Å². The molecule has 0 heterocycles. The van der Waals surface area contributed by atoms with Gasteiger partial charge in [0.1, 0.15) is 0 Å². The first-order valence-electron chi connectivity index (χ1n) is 1.27. The van der Waals surface area contributed by atoms with E-state index in [1.54, 1.807) is 0 Å². The van der Waals surface area contributed by atoms with E-state index in [1.807, 2.05) is 0 Å². The third-order valence-electron chi connectivity index (χ3n) is 0. The van der Waals surface area contributed by atoms with Crippen molar-refractivity contribution >= 4 is 17.0 Å². The Hall–Kier alpha value is 1.38. The second-order valence-electron chi connectivity index (χ2n) is 0.0714. The van der Waals surface area contributed by atoms with Gasteiger partial charge in [0.05, 0.1) is 0 Å². The fourth-order valence-corrected chi connectivity index (χ4v) is 0. The zero-order valence-electron chi connectivity index (χ0n) is 4.15. The van der Waals surface area contributed by atoms with Crippen LogP contribution in [-0.4, -0.2) is 24.4 Å². The van der Waals surface area contributed by atoms with Gasteiger partial charge in [0, 0.05) is 14.2 Å². The SMILES string of the molecule is CO.CO.[Cl][Zr][Cl]. The zero-order valence-corrected chi connectivity index (χ0v) is 8.12. The predicted molar refractivity (Wildman–Crippen MR) is 28.0 cm³/mol. The zero-order chi connectivity index (χ0) is 6.71. The third-order valence-corrected chi connectivity index (χ3v) is 0.